The molecule has 0 atom stereocenters. The Kier molecular flexibility index (Phi) is 4.92. The Morgan fingerprint density at radius 2 is 1.58 bits per heavy atom. The molecule has 2 aromatic carbocycles. The molecule has 2 bridgehead atoms. The van der Waals surface area contributed by atoms with Crippen molar-refractivity contribution in [1.29, 1.82) is 0 Å². The van der Waals surface area contributed by atoms with E-state index < -0.39 is 11.9 Å². The zero-order chi connectivity index (χ0) is 21.5. The van der Waals surface area contributed by atoms with Crippen LogP contribution in [-0.2, 0) is 9.59 Å². The lowest BCUT2D eigenvalue weighted by molar-refractivity contribution is -0.131. The predicted octanol–water partition coefficient (Wildman–Crippen LogP) is 3.57. The van der Waals surface area contributed by atoms with Crippen molar-refractivity contribution >= 4 is 35.3 Å². The van der Waals surface area contributed by atoms with Crippen LogP contribution in [0.3, 0.4) is 0 Å². The number of ether oxygens (including phenoxy) is 3. The van der Waals surface area contributed by atoms with Crippen molar-refractivity contribution in [1.82, 2.24) is 9.80 Å². The largest absolute Gasteiger partial charge is 0.456 e. The summed E-state index contributed by atoms with van der Waals surface area (Å²) >= 11 is 6.56. The number of fused-ring (bicyclic) bond motifs is 5. The second-order valence-corrected chi connectivity index (χ2v) is 7.90. The third-order valence-electron chi connectivity index (χ3n) is 5.45. The molecule has 0 aromatic heterocycles. The highest BCUT2D eigenvalue weighted by molar-refractivity contribution is 6.34. The second kappa shape index (κ2) is 7.76. The summed E-state index contributed by atoms with van der Waals surface area (Å²) in [7, 11) is 2.08. The zero-order valence-electron chi connectivity index (χ0n) is 16.8. The maximum Gasteiger partial charge on any atom is 0.336 e. The normalized spacial score (nSPS) is 19.3. The molecule has 0 aliphatic carbocycles. The summed E-state index contributed by atoms with van der Waals surface area (Å²) in [5.41, 5.74) is 2.26. The van der Waals surface area contributed by atoms with E-state index in [-0.39, 0.29) is 16.5 Å². The van der Waals surface area contributed by atoms with Crippen LogP contribution in [0.1, 0.15) is 11.1 Å². The summed E-state index contributed by atoms with van der Waals surface area (Å²) in [4.78, 5) is 28.9. The van der Waals surface area contributed by atoms with E-state index in [2.05, 4.69) is 16.8 Å². The highest BCUT2D eigenvalue weighted by Crippen LogP contribution is 2.50. The first-order valence-electron chi connectivity index (χ1n) is 9.90. The Morgan fingerprint density at radius 3 is 2.35 bits per heavy atom. The minimum atomic E-state index is -0.726. The molecule has 1 fully saturated rings. The van der Waals surface area contributed by atoms with E-state index >= 15 is 0 Å². The molecule has 3 aliphatic heterocycles. The summed E-state index contributed by atoms with van der Waals surface area (Å²) in [5, 5.41) is 0.0405. The van der Waals surface area contributed by atoms with Crippen molar-refractivity contribution in [3.8, 4) is 23.0 Å². The fourth-order valence-electron chi connectivity index (χ4n) is 3.82. The molecule has 158 valence electrons. The Morgan fingerprint density at radius 1 is 0.871 bits per heavy atom. The van der Waals surface area contributed by atoms with Crippen LogP contribution in [0.5, 0.6) is 23.0 Å². The van der Waals surface area contributed by atoms with Crippen LogP contribution in [0.15, 0.2) is 42.5 Å². The van der Waals surface area contributed by atoms with E-state index in [1.54, 1.807) is 6.07 Å². The number of carbonyl (C=O) groups is 2. The number of likely N-dealkylation sites (N-methyl/N-ethyl adjacent to an activating group) is 1. The number of hydrogen-bond acceptors (Lipinski definition) is 7. The van der Waals surface area contributed by atoms with Gasteiger partial charge >= 0.3 is 11.9 Å². The molecule has 8 heteroatoms. The fourth-order valence-corrected chi connectivity index (χ4v) is 4.05. The molecular weight excluding hydrogens is 420 g/mol. The first-order chi connectivity index (χ1) is 15.0. The molecule has 5 rings (SSSR count). The van der Waals surface area contributed by atoms with Crippen LogP contribution >= 0.6 is 11.6 Å². The smallest absolute Gasteiger partial charge is 0.336 e. The van der Waals surface area contributed by atoms with Gasteiger partial charge in [0.2, 0.25) is 0 Å². The Bertz CT molecular complexity index is 1150. The number of esters is 2. The van der Waals surface area contributed by atoms with Crippen LogP contribution in [0.4, 0.5) is 0 Å². The van der Waals surface area contributed by atoms with Crippen LogP contribution in [0, 0.1) is 0 Å². The predicted molar refractivity (Wildman–Crippen MR) is 115 cm³/mol. The maximum atomic E-state index is 12.4. The number of halogens is 1. The average molecular weight is 439 g/mol. The number of rotatable bonds is 1. The lowest BCUT2D eigenvalue weighted by atomic mass is 10.0. The highest BCUT2D eigenvalue weighted by atomic mass is 35.5. The lowest BCUT2D eigenvalue weighted by Gasteiger charge is -2.36. The maximum absolute atomic E-state index is 12.4. The molecule has 31 heavy (non-hydrogen) atoms. The van der Waals surface area contributed by atoms with E-state index in [0.717, 1.165) is 49.6 Å². The standard InChI is InChI=1S/C23H19ClN2O5/c1-25-8-10-26(11-9-25)15-12-14-4-2-3-5-16(14)29-17-13-18-22(24)23(21(15)17)31-20(28)7-6-19(27)30-18/h2-7,12-13H,8-11H2,1H3/b7-6-. The number of benzene rings is 2. The first kappa shape index (κ1) is 19.7. The average Bonchev–Trinajstić information content (AvgIpc) is 2.90. The number of nitrogens with zero attached hydrogens (tertiary/aromatic N) is 2. The second-order valence-electron chi connectivity index (χ2n) is 7.53. The molecule has 0 radical (unpaired) electrons. The summed E-state index contributed by atoms with van der Waals surface area (Å²) in [6, 6.07) is 9.19. The van der Waals surface area contributed by atoms with Crippen molar-refractivity contribution in [3.05, 3.63) is 58.6 Å². The number of piperazine rings is 1. The SMILES string of the molecule is CN1CCN(C2=Cc3ccccc3Oc3cc4c(Cl)c(c32)OC(=O)/C=C\C(=O)O4)CC1. The van der Waals surface area contributed by atoms with Gasteiger partial charge in [-0.25, -0.2) is 9.59 Å². The zero-order valence-corrected chi connectivity index (χ0v) is 17.5. The molecular formula is C23H19ClN2O5. The quantitative estimate of drug-likeness (QED) is 0.498. The number of para-hydroxylation sites is 1. The van der Waals surface area contributed by atoms with Gasteiger partial charge in [-0.3, -0.25) is 0 Å². The van der Waals surface area contributed by atoms with E-state index in [4.69, 9.17) is 25.8 Å². The molecule has 0 saturated carbocycles. The third-order valence-corrected chi connectivity index (χ3v) is 5.81. The molecule has 1 saturated heterocycles. The van der Waals surface area contributed by atoms with Gasteiger partial charge < -0.3 is 24.0 Å². The molecule has 2 aromatic rings. The van der Waals surface area contributed by atoms with Gasteiger partial charge in [0.1, 0.15) is 16.5 Å². The van der Waals surface area contributed by atoms with Gasteiger partial charge in [0.25, 0.3) is 0 Å². The van der Waals surface area contributed by atoms with E-state index in [1.807, 2.05) is 30.3 Å². The lowest BCUT2D eigenvalue weighted by Crippen LogP contribution is -2.43. The van der Waals surface area contributed by atoms with Gasteiger partial charge in [-0.2, -0.15) is 0 Å². The Balaban J connectivity index is 1.75. The molecule has 0 amide bonds. The van der Waals surface area contributed by atoms with Gasteiger partial charge in [0, 0.05) is 50.0 Å². The van der Waals surface area contributed by atoms with Crippen molar-refractivity contribution in [2.75, 3.05) is 33.2 Å². The molecule has 0 unspecified atom stereocenters. The minimum absolute atomic E-state index is 0.0405. The topological polar surface area (TPSA) is 68.3 Å². The summed E-state index contributed by atoms with van der Waals surface area (Å²) < 4.78 is 17.2. The molecule has 7 nitrogen and oxygen atoms in total. The third kappa shape index (κ3) is 3.66. The van der Waals surface area contributed by atoms with Gasteiger partial charge in [-0.05, 0) is 19.2 Å². The summed E-state index contributed by atoms with van der Waals surface area (Å²) in [5.74, 6) is -0.242. The highest BCUT2D eigenvalue weighted by Gasteiger charge is 2.32. The van der Waals surface area contributed by atoms with Crippen LogP contribution < -0.4 is 14.2 Å². The number of hydrogen-bond donors (Lipinski definition) is 0. The molecule has 0 spiro atoms. The summed E-state index contributed by atoms with van der Waals surface area (Å²) in [6.07, 6.45) is 4.04. The molecule has 0 N–H and O–H groups in total. The Labute approximate surface area is 184 Å². The van der Waals surface area contributed by atoms with E-state index in [0.29, 0.717) is 17.1 Å². The molecule has 3 aliphatic rings. The van der Waals surface area contributed by atoms with E-state index in [9.17, 15) is 9.59 Å². The number of carbonyl (C=O) groups excluding carboxylic acids is 2. The van der Waals surface area contributed by atoms with Gasteiger partial charge in [-0.15, -0.1) is 0 Å². The van der Waals surface area contributed by atoms with Gasteiger partial charge in [0.15, 0.2) is 11.5 Å². The summed E-state index contributed by atoms with van der Waals surface area (Å²) in [6.45, 7) is 3.34. The van der Waals surface area contributed by atoms with Gasteiger partial charge in [-0.1, -0.05) is 29.8 Å². The Hall–Kier alpha value is -3.29. The van der Waals surface area contributed by atoms with Gasteiger partial charge in [0.05, 0.1) is 11.3 Å². The monoisotopic (exact) mass is 438 g/mol. The van der Waals surface area contributed by atoms with Crippen LogP contribution in [-0.4, -0.2) is 55.0 Å². The van der Waals surface area contributed by atoms with Crippen LogP contribution in [0.2, 0.25) is 5.02 Å². The van der Waals surface area contributed by atoms with Crippen molar-refractivity contribution < 1.29 is 23.8 Å². The molecule has 3 heterocycles. The van der Waals surface area contributed by atoms with Crippen LogP contribution in [0.25, 0.3) is 11.8 Å². The minimum Gasteiger partial charge on any atom is -0.456 e. The first-order valence-corrected chi connectivity index (χ1v) is 10.3. The fraction of sp³-hybridized carbons (Fsp3) is 0.217. The van der Waals surface area contributed by atoms with E-state index in [1.165, 1.54) is 0 Å². The van der Waals surface area contributed by atoms with Crippen molar-refractivity contribution in [2.45, 2.75) is 0 Å². The van der Waals surface area contributed by atoms with Crippen molar-refractivity contribution in [2.24, 2.45) is 0 Å². The van der Waals surface area contributed by atoms with Crippen molar-refractivity contribution in [3.63, 3.8) is 0 Å².